The highest BCUT2D eigenvalue weighted by Gasteiger charge is 2.14. The lowest BCUT2D eigenvalue weighted by Gasteiger charge is -2.20. The third-order valence-electron chi connectivity index (χ3n) is 3.87. The van der Waals surface area contributed by atoms with Gasteiger partial charge in [-0.15, -0.1) is 0 Å². The fourth-order valence-electron chi connectivity index (χ4n) is 2.63. The number of ether oxygens (including phenoxy) is 1. The number of amides is 1. The van der Waals surface area contributed by atoms with Crippen LogP contribution in [-0.2, 0) is 20.9 Å². The summed E-state index contributed by atoms with van der Waals surface area (Å²) in [6.45, 7) is 5.74. The van der Waals surface area contributed by atoms with Crippen molar-refractivity contribution in [1.29, 1.82) is 0 Å². The summed E-state index contributed by atoms with van der Waals surface area (Å²) in [6, 6.07) is 10.2. The van der Waals surface area contributed by atoms with E-state index in [2.05, 4.69) is 22.8 Å². The van der Waals surface area contributed by atoms with E-state index in [0.29, 0.717) is 32.7 Å². The van der Waals surface area contributed by atoms with Crippen molar-refractivity contribution in [3.8, 4) is 0 Å². The van der Waals surface area contributed by atoms with Crippen molar-refractivity contribution in [3.63, 3.8) is 0 Å². The van der Waals surface area contributed by atoms with Crippen LogP contribution in [0.1, 0.15) is 26.7 Å². The lowest BCUT2D eigenvalue weighted by Crippen LogP contribution is -2.33. The van der Waals surface area contributed by atoms with Crippen molar-refractivity contribution < 1.29 is 14.3 Å². The second-order valence-corrected chi connectivity index (χ2v) is 5.35. The van der Waals surface area contributed by atoms with E-state index in [9.17, 15) is 9.59 Å². The summed E-state index contributed by atoms with van der Waals surface area (Å²) in [5, 5.41) is 1.18. The number of para-hydroxylation sites is 1. The molecule has 0 bridgehead atoms. The number of esters is 1. The SMILES string of the molecule is CCOC(=O)CCN(CC)C(=O)CCn1ccc2ccccc21. The van der Waals surface area contributed by atoms with Gasteiger partial charge in [-0.3, -0.25) is 9.59 Å². The molecule has 1 aromatic heterocycles. The molecule has 2 rings (SSSR count). The highest BCUT2D eigenvalue weighted by molar-refractivity contribution is 5.81. The molecule has 0 aliphatic heterocycles. The molecule has 1 heterocycles. The maximum atomic E-state index is 12.3. The number of nitrogens with zero attached hydrogens (tertiary/aromatic N) is 2. The first-order valence-electron chi connectivity index (χ1n) is 8.13. The summed E-state index contributed by atoms with van der Waals surface area (Å²) in [5.41, 5.74) is 1.13. The minimum Gasteiger partial charge on any atom is -0.466 e. The van der Waals surface area contributed by atoms with Gasteiger partial charge in [-0.25, -0.2) is 0 Å². The molecule has 0 aliphatic carbocycles. The third-order valence-corrected chi connectivity index (χ3v) is 3.87. The minimum absolute atomic E-state index is 0.0644. The van der Waals surface area contributed by atoms with Crippen molar-refractivity contribution in [2.75, 3.05) is 19.7 Å². The Morgan fingerprint density at radius 3 is 2.65 bits per heavy atom. The van der Waals surface area contributed by atoms with Crippen LogP contribution >= 0.6 is 0 Å². The molecule has 0 atom stereocenters. The van der Waals surface area contributed by atoms with Crippen LogP contribution in [-0.4, -0.2) is 41.0 Å². The van der Waals surface area contributed by atoms with Gasteiger partial charge in [0, 0.05) is 37.8 Å². The molecule has 5 heteroatoms. The first kappa shape index (κ1) is 17.1. The largest absolute Gasteiger partial charge is 0.466 e. The monoisotopic (exact) mass is 316 g/mol. The van der Waals surface area contributed by atoms with Crippen molar-refractivity contribution in [2.45, 2.75) is 33.2 Å². The molecule has 2 aromatic rings. The van der Waals surface area contributed by atoms with Crippen molar-refractivity contribution >= 4 is 22.8 Å². The van der Waals surface area contributed by atoms with E-state index in [0.717, 1.165) is 5.52 Å². The molecule has 0 fully saturated rings. The Morgan fingerprint density at radius 1 is 1.13 bits per heavy atom. The summed E-state index contributed by atoms with van der Waals surface area (Å²) >= 11 is 0. The fourth-order valence-corrected chi connectivity index (χ4v) is 2.63. The van der Waals surface area contributed by atoms with Crippen LogP contribution in [0.3, 0.4) is 0 Å². The standard InChI is InChI=1S/C18H24N2O3/c1-3-19(14-11-18(22)23-4-2)17(21)10-13-20-12-9-15-7-5-6-8-16(15)20/h5-9,12H,3-4,10-11,13-14H2,1-2H3. The molecule has 124 valence electrons. The van der Waals surface area contributed by atoms with Crippen molar-refractivity contribution in [2.24, 2.45) is 0 Å². The lowest BCUT2D eigenvalue weighted by molar-refractivity contribution is -0.144. The Balaban J connectivity index is 1.88. The first-order valence-corrected chi connectivity index (χ1v) is 8.13. The van der Waals surface area contributed by atoms with Crippen LogP contribution < -0.4 is 0 Å². The first-order chi connectivity index (χ1) is 11.2. The maximum Gasteiger partial charge on any atom is 0.307 e. The average Bonchev–Trinajstić information content (AvgIpc) is 2.97. The highest BCUT2D eigenvalue weighted by Crippen LogP contribution is 2.15. The number of aryl methyl sites for hydroxylation is 1. The molecule has 0 saturated carbocycles. The molecule has 0 saturated heterocycles. The van der Waals surface area contributed by atoms with E-state index < -0.39 is 0 Å². The summed E-state index contributed by atoms with van der Waals surface area (Å²) in [5.74, 6) is -0.190. The molecular weight excluding hydrogens is 292 g/mol. The van der Waals surface area contributed by atoms with E-state index in [-0.39, 0.29) is 18.3 Å². The van der Waals surface area contributed by atoms with Gasteiger partial charge in [-0.1, -0.05) is 18.2 Å². The summed E-state index contributed by atoms with van der Waals surface area (Å²) < 4.78 is 6.99. The molecule has 1 aromatic carbocycles. The summed E-state index contributed by atoms with van der Waals surface area (Å²) in [6.07, 6.45) is 2.68. The van der Waals surface area contributed by atoms with E-state index >= 15 is 0 Å². The van der Waals surface area contributed by atoms with E-state index in [1.807, 2.05) is 25.3 Å². The van der Waals surface area contributed by atoms with Gasteiger partial charge in [0.1, 0.15) is 0 Å². The Bertz CT molecular complexity index is 663. The van der Waals surface area contributed by atoms with E-state index in [1.54, 1.807) is 11.8 Å². The van der Waals surface area contributed by atoms with Gasteiger partial charge in [0.05, 0.1) is 13.0 Å². The summed E-state index contributed by atoms with van der Waals surface area (Å²) in [7, 11) is 0. The molecule has 0 unspecified atom stereocenters. The second-order valence-electron chi connectivity index (χ2n) is 5.35. The van der Waals surface area contributed by atoms with Gasteiger partial charge in [0.25, 0.3) is 0 Å². The van der Waals surface area contributed by atoms with Crippen molar-refractivity contribution in [3.05, 3.63) is 36.5 Å². The number of hydrogen-bond donors (Lipinski definition) is 0. The molecule has 0 N–H and O–H groups in total. The van der Waals surface area contributed by atoms with Crippen LogP contribution in [0.5, 0.6) is 0 Å². The zero-order valence-corrected chi connectivity index (χ0v) is 13.8. The minimum atomic E-state index is -0.254. The summed E-state index contributed by atoms with van der Waals surface area (Å²) in [4.78, 5) is 25.5. The molecule has 1 amide bonds. The van der Waals surface area contributed by atoms with Gasteiger partial charge in [0.15, 0.2) is 0 Å². The molecule has 23 heavy (non-hydrogen) atoms. The topological polar surface area (TPSA) is 51.5 Å². The number of fused-ring (bicyclic) bond motifs is 1. The van der Waals surface area contributed by atoms with Crippen LogP contribution in [0.2, 0.25) is 0 Å². The van der Waals surface area contributed by atoms with Gasteiger partial charge >= 0.3 is 5.97 Å². The number of hydrogen-bond acceptors (Lipinski definition) is 3. The zero-order chi connectivity index (χ0) is 16.7. The van der Waals surface area contributed by atoms with Gasteiger partial charge < -0.3 is 14.2 Å². The smallest absolute Gasteiger partial charge is 0.307 e. The Kier molecular flexibility index (Phi) is 6.20. The number of aromatic nitrogens is 1. The maximum absolute atomic E-state index is 12.3. The van der Waals surface area contributed by atoms with E-state index in [4.69, 9.17) is 4.74 Å². The predicted molar refractivity (Wildman–Crippen MR) is 90.1 cm³/mol. The molecular formula is C18H24N2O3. The normalized spacial score (nSPS) is 10.7. The van der Waals surface area contributed by atoms with Gasteiger partial charge in [-0.2, -0.15) is 0 Å². The molecule has 0 aliphatic rings. The number of carbonyl (C=O) groups is 2. The Hall–Kier alpha value is -2.30. The zero-order valence-electron chi connectivity index (χ0n) is 13.8. The van der Waals surface area contributed by atoms with E-state index in [1.165, 1.54) is 5.39 Å². The second kappa shape index (κ2) is 8.36. The predicted octanol–water partition coefficient (Wildman–Crippen LogP) is 2.83. The van der Waals surface area contributed by atoms with Gasteiger partial charge in [0.2, 0.25) is 5.91 Å². The number of benzene rings is 1. The van der Waals surface area contributed by atoms with Crippen LogP contribution in [0.25, 0.3) is 10.9 Å². The molecule has 0 spiro atoms. The Labute approximate surface area is 136 Å². The highest BCUT2D eigenvalue weighted by atomic mass is 16.5. The number of rotatable bonds is 8. The van der Waals surface area contributed by atoms with Crippen LogP contribution in [0, 0.1) is 0 Å². The quantitative estimate of drug-likeness (QED) is 0.704. The number of carbonyl (C=O) groups excluding carboxylic acids is 2. The lowest BCUT2D eigenvalue weighted by atomic mass is 10.2. The van der Waals surface area contributed by atoms with Crippen LogP contribution in [0.15, 0.2) is 36.5 Å². The molecule has 5 nitrogen and oxygen atoms in total. The van der Waals surface area contributed by atoms with Crippen molar-refractivity contribution in [1.82, 2.24) is 9.47 Å². The average molecular weight is 316 g/mol. The third kappa shape index (κ3) is 4.58. The molecule has 0 radical (unpaired) electrons. The van der Waals surface area contributed by atoms with Gasteiger partial charge in [-0.05, 0) is 31.4 Å². The Morgan fingerprint density at radius 2 is 1.91 bits per heavy atom. The fraction of sp³-hybridized carbons (Fsp3) is 0.444. The van der Waals surface area contributed by atoms with Crippen LogP contribution in [0.4, 0.5) is 0 Å².